The molecule has 3 heteroatoms. The second kappa shape index (κ2) is 6.44. The standard InChI is InChI=1S/C18H21NOS/c1-19-16-8-5-9-17(20-2)18(16)21-12-14-6-3-4-7-15(14)13-10-11-13/h3-9,13,19H,10-12H2,1-2H3. The quantitative estimate of drug-likeness (QED) is 0.766. The summed E-state index contributed by atoms with van der Waals surface area (Å²) in [5.41, 5.74) is 4.12. The summed E-state index contributed by atoms with van der Waals surface area (Å²) in [4.78, 5) is 1.19. The van der Waals surface area contributed by atoms with Gasteiger partial charge in [-0.2, -0.15) is 0 Å². The average molecular weight is 299 g/mol. The van der Waals surface area contributed by atoms with E-state index in [4.69, 9.17) is 4.74 Å². The summed E-state index contributed by atoms with van der Waals surface area (Å²) in [6, 6.07) is 15.0. The zero-order valence-corrected chi connectivity index (χ0v) is 13.4. The van der Waals surface area contributed by atoms with E-state index in [1.807, 2.05) is 30.9 Å². The third-order valence-corrected chi connectivity index (χ3v) is 5.08. The summed E-state index contributed by atoms with van der Waals surface area (Å²) in [5, 5.41) is 3.26. The van der Waals surface area contributed by atoms with E-state index >= 15 is 0 Å². The Kier molecular flexibility index (Phi) is 4.39. The van der Waals surface area contributed by atoms with Crippen molar-refractivity contribution in [1.82, 2.24) is 0 Å². The van der Waals surface area contributed by atoms with E-state index in [0.717, 1.165) is 23.1 Å². The Morgan fingerprint density at radius 3 is 2.67 bits per heavy atom. The van der Waals surface area contributed by atoms with Crippen LogP contribution in [0.15, 0.2) is 47.4 Å². The SMILES string of the molecule is CNc1cccc(OC)c1SCc1ccccc1C1CC1. The predicted octanol–water partition coefficient (Wildman–Crippen LogP) is 4.91. The molecule has 0 aliphatic heterocycles. The van der Waals surface area contributed by atoms with Crippen LogP contribution in [0.25, 0.3) is 0 Å². The van der Waals surface area contributed by atoms with Gasteiger partial charge in [-0.15, -0.1) is 11.8 Å². The lowest BCUT2D eigenvalue weighted by molar-refractivity contribution is 0.405. The second-order valence-corrected chi connectivity index (χ2v) is 6.33. The Balaban J connectivity index is 1.82. The smallest absolute Gasteiger partial charge is 0.134 e. The summed E-state index contributed by atoms with van der Waals surface area (Å²) in [6.45, 7) is 0. The monoisotopic (exact) mass is 299 g/mol. The Labute approximate surface area is 130 Å². The molecule has 0 spiro atoms. The Morgan fingerprint density at radius 2 is 1.95 bits per heavy atom. The molecule has 2 aromatic carbocycles. The topological polar surface area (TPSA) is 21.3 Å². The number of rotatable bonds is 6. The van der Waals surface area contributed by atoms with Gasteiger partial charge in [0.05, 0.1) is 17.7 Å². The maximum absolute atomic E-state index is 5.51. The van der Waals surface area contributed by atoms with Crippen molar-refractivity contribution in [2.75, 3.05) is 19.5 Å². The summed E-state index contributed by atoms with van der Waals surface area (Å²) in [5.74, 6) is 2.72. The maximum atomic E-state index is 5.51. The molecule has 0 amide bonds. The Hall–Kier alpha value is -1.61. The first-order chi connectivity index (χ1) is 10.3. The van der Waals surface area contributed by atoms with Gasteiger partial charge in [0.2, 0.25) is 0 Å². The fourth-order valence-electron chi connectivity index (χ4n) is 2.63. The molecule has 1 aliphatic carbocycles. The van der Waals surface area contributed by atoms with Crippen LogP contribution in [0.1, 0.15) is 29.9 Å². The van der Waals surface area contributed by atoms with Gasteiger partial charge in [-0.3, -0.25) is 0 Å². The van der Waals surface area contributed by atoms with Crippen LogP contribution in [0, 0.1) is 0 Å². The lowest BCUT2D eigenvalue weighted by Crippen LogP contribution is -1.95. The van der Waals surface area contributed by atoms with E-state index in [0.29, 0.717) is 0 Å². The van der Waals surface area contributed by atoms with E-state index in [1.165, 1.54) is 28.9 Å². The number of benzene rings is 2. The van der Waals surface area contributed by atoms with Crippen molar-refractivity contribution in [3.05, 3.63) is 53.6 Å². The summed E-state index contributed by atoms with van der Waals surface area (Å²) in [7, 11) is 3.69. The zero-order valence-electron chi connectivity index (χ0n) is 12.6. The molecule has 0 saturated heterocycles. The van der Waals surface area contributed by atoms with Crippen molar-refractivity contribution in [2.24, 2.45) is 0 Å². The van der Waals surface area contributed by atoms with Gasteiger partial charge in [0.1, 0.15) is 5.75 Å². The molecule has 0 aromatic heterocycles. The number of anilines is 1. The molecule has 3 rings (SSSR count). The van der Waals surface area contributed by atoms with Crippen molar-refractivity contribution in [2.45, 2.75) is 29.4 Å². The largest absolute Gasteiger partial charge is 0.496 e. The highest BCUT2D eigenvalue weighted by molar-refractivity contribution is 7.98. The number of hydrogen-bond acceptors (Lipinski definition) is 3. The molecule has 2 nitrogen and oxygen atoms in total. The lowest BCUT2D eigenvalue weighted by atomic mass is 10.1. The van der Waals surface area contributed by atoms with E-state index in [1.54, 1.807) is 7.11 Å². The summed E-state index contributed by atoms with van der Waals surface area (Å²) in [6.07, 6.45) is 2.69. The van der Waals surface area contributed by atoms with Gasteiger partial charge in [-0.1, -0.05) is 30.3 Å². The van der Waals surface area contributed by atoms with Crippen LogP contribution in [0.4, 0.5) is 5.69 Å². The third-order valence-electron chi connectivity index (χ3n) is 3.91. The molecule has 1 saturated carbocycles. The minimum Gasteiger partial charge on any atom is -0.496 e. The fraction of sp³-hybridized carbons (Fsp3) is 0.333. The molecule has 1 fully saturated rings. The molecule has 1 N–H and O–H groups in total. The molecule has 0 bridgehead atoms. The molecule has 21 heavy (non-hydrogen) atoms. The van der Waals surface area contributed by atoms with E-state index < -0.39 is 0 Å². The van der Waals surface area contributed by atoms with Gasteiger partial charge in [0.25, 0.3) is 0 Å². The number of methoxy groups -OCH3 is 1. The fourth-order valence-corrected chi connectivity index (χ4v) is 3.81. The number of thioether (sulfide) groups is 1. The highest BCUT2D eigenvalue weighted by Gasteiger charge is 2.25. The highest BCUT2D eigenvalue weighted by Crippen LogP contribution is 2.44. The molecule has 2 aromatic rings. The summed E-state index contributed by atoms with van der Waals surface area (Å²) >= 11 is 1.85. The molecular weight excluding hydrogens is 278 g/mol. The first-order valence-electron chi connectivity index (χ1n) is 7.39. The molecule has 1 aliphatic rings. The van der Waals surface area contributed by atoms with E-state index in [2.05, 4.69) is 35.6 Å². The average Bonchev–Trinajstić information content (AvgIpc) is 3.37. The van der Waals surface area contributed by atoms with Crippen LogP contribution < -0.4 is 10.1 Å². The van der Waals surface area contributed by atoms with Crippen LogP contribution in [-0.4, -0.2) is 14.2 Å². The van der Waals surface area contributed by atoms with Crippen LogP contribution in [0.2, 0.25) is 0 Å². The Morgan fingerprint density at radius 1 is 1.14 bits per heavy atom. The first kappa shape index (κ1) is 14.3. The molecular formula is C18H21NOS. The van der Waals surface area contributed by atoms with Crippen LogP contribution >= 0.6 is 11.8 Å². The van der Waals surface area contributed by atoms with E-state index in [9.17, 15) is 0 Å². The third kappa shape index (κ3) is 3.18. The van der Waals surface area contributed by atoms with Gasteiger partial charge < -0.3 is 10.1 Å². The second-order valence-electron chi connectivity index (χ2n) is 5.35. The molecule has 0 heterocycles. The predicted molar refractivity (Wildman–Crippen MR) is 90.5 cm³/mol. The van der Waals surface area contributed by atoms with Crippen LogP contribution in [0.3, 0.4) is 0 Å². The highest BCUT2D eigenvalue weighted by atomic mass is 32.2. The minimum atomic E-state index is 0.795. The summed E-state index contributed by atoms with van der Waals surface area (Å²) < 4.78 is 5.51. The van der Waals surface area contributed by atoms with Crippen LogP contribution in [0.5, 0.6) is 5.75 Å². The normalized spacial score (nSPS) is 14.0. The minimum absolute atomic E-state index is 0.795. The number of hydrogen-bond donors (Lipinski definition) is 1. The Bertz CT molecular complexity index is 600. The molecule has 0 unspecified atom stereocenters. The van der Waals surface area contributed by atoms with Crippen molar-refractivity contribution >= 4 is 17.4 Å². The van der Waals surface area contributed by atoms with Crippen LogP contribution in [-0.2, 0) is 5.75 Å². The number of nitrogens with one attached hydrogen (secondary N) is 1. The van der Waals surface area contributed by atoms with Crippen molar-refractivity contribution in [1.29, 1.82) is 0 Å². The van der Waals surface area contributed by atoms with Gasteiger partial charge in [-0.25, -0.2) is 0 Å². The van der Waals surface area contributed by atoms with Gasteiger partial charge in [-0.05, 0) is 42.0 Å². The number of ether oxygens (including phenoxy) is 1. The lowest BCUT2D eigenvalue weighted by Gasteiger charge is -2.14. The van der Waals surface area contributed by atoms with Gasteiger partial charge in [0.15, 0.2) is 0 Å². The van der Waals surface area contributed by atoms with Gasteiger partial charge in [0, 0.05) is 12.8 Å². The van der Waals surface area contributed by atoms with Crippen molar-refractivity contribution in [3.8, 4) is 5.75 Å². The first-order valence-corrected chi connectivity index (χ1v) is 8.37. The maximum Gasteiger partial charge on any atom is 0.134 e. The molecule has 0 atom stereocenters. The molecule has 110 valence electrons. The zero-order chi connectivity index (χ0) is 14.7. The van der Waals surface area contributed by atoms with E-state index in [-0.39, 0.29) is 0 Å². The van der Waals surface area contributed by atoms with Gasteiger partial charge >= 0.3 is 0 Å². The molecule has 0 radical (unpaired) electrons. The van der Waals surface area contributed by atoms with Crippen molar-refractivity contribution < 1.29 is 4.74 Å². The van der Waals surface area contributed by atoms with Crippen molar-refractivity contribution in [3.63, 3.8) is 0 Å².